The number of fused-ring (bicyclic) bond motifs is 6. The van der Waals surface area contributed by atoms with Crippen molar-refractivity contribution in [2.24, 2.45) is 0 Å². The third-order valence-electron chi connectivity index (χ3n) is 8.90. The van der Waals surface area contributed by atoms with Crippen LogP contribution in [0.1, 0.15) is 26.3 Å². The normalized spacial score (nSPS) is 12.9. The van der Waals surface area contributed by atoms with Crippen molar-refractivity contribution in [2.45, 2.75) is 26.2 Å². The minimum absolute atomic E-state index is 0. The van der Waals surface area contributed by atoms with Crippen molar-refractivity contribution < 1.29 is 30.2 Å². The van der Waals surface area contributed by atoms with E-state index in [9.17, 15) is 0 Å². The van der Waals surface area contributed by atoms with E-state index in [4.69, 9.17) is 14.1 Å². The van der Waals surface area contributed by atoms with Crippen LogP contribution in [0.25, 0.3) is 38.8 Å². The number of furan rings is 1. The number of nitrogens with zero attached hydrogens (tertiary/aromatic N) is 4. The Morgan fingerprint density at radius 3 is 2.27 bits per heavy atom. The molecule has 0 aliphatic carbocycles. The van der Waals surface area contributed by atoms with Gasteiger partial charge in [0, 0.05) is 61.2 Å². The SMILES string of the molecule is CC(C)(C)c1ccnc(-n2c3[c-]c(Oc4[c-]c(N5[CH-]N(c6ccccc6)c6ccccc65)ccc4)ccc3c3oc4ccccc4c32)c1.[Pt]. The number of hydrogen-bond acceptors (Lipinski definition) is 5. The third kappa shape index (κ3) is 5.28. The molecule has 0 saturated heterocycles. The molecule has 0 bridgehead atoms. The summed E-state index contributed by atoms with van der Waals surface area (Å²) in [5.41, 5.74) is 8.73. The van der Waals surface area contributed by atoms with Crippen molar-refractivity contribution in [3.63, 3.8) is 0 Å². The second-order valence-corrected chi connectivity index (χ2v) is 13.0. The number of rotatable bonds is 5. The minimum Gasteiger partial charge on any atom is -0.509 e. The predicted octanol–water partition coefficient (Wildman–Crippen LogP) is 11.0. The number of ether oxygens (including phenoxy) is 1. The van der Waals surface area contributed by atoms with Gasteiger partial charge in [0.2, 0.25) is 0 Å². The number of hydrogen-bond donors (Lipinski definition) is 0. The summed E-state index contributed by atoms with van der Waals surface area (Å²) in [6.07, 6.45) is 1.88. The first kappa shape index (κ1) is 31.0. The molecule has 0 fully saturated rings. The first-order chi connectivity index (χ1) is 23.4. The summed E-state index contributed by atoms with van der Waals surface area (Å²) in [7, 11) is 0. The molecule has 1 aliphatic rings. The zero-order valence-corrected chi connectivity index (χ0v) is 29.4. The van der Waals surface area contributed by atoms with E-state index in [-0.39, 0.29) is 26.5 Å². The second-order valence-electron chi connectivity index (χ2n) is 13.0. The molecular formula is C42H31N4O2Pt-3. The molecule has 3 aromatic heterocycles. The Hall–Kier alpha value is -5.32. The molecule has 0 N–H and O–H groups in total. The van der Waals surface area contributed by atoms with E-state index >= 15 is 0 Å². The van der Waals surface area contributed by atoms with Crippen LogP contribution in [0.3, 0.4) is 0 Å². The molecule has 5 aromatic carbocycles. The van der Waals surface area contributed by atoms with Crippen LogP contribution < -0.4 is 14.5 Å². The largest absolute Gasteiger partial charge is 0.509 e. The van der Waals surface area contributed by atoms with Crippen LogP contribution in [-0.2, 0) is 26.5 Å². The third-order valence-corrected chi connectivity index (χ3v) is 8.90. The molecule has 7 heteroatoms. The van der Waals surface area contributed by atoms with Gasteiger partial charge in [-0.3, -0.25) is 0 Å². The molecule has 1 aliphatic heterocycles. The number of aromatic nitrogens is 2. The molecule has 6 nitrogen and oxygen atoms in total. The van der Waals surface area contributed by atoms with E-state index in [0.717, 1.165) is 61.5 Å². The van der Waals surface area contributed by atoms with Crippen molar-refractivity contribution in [2.75, 3.05) is 9.80 Å². The Labute approximate surface area is 299 Å². The van der Waals surface area contributed by atoms with Crippen LogP contribution in [0.4, 0.5) is 22.7 Å². The maximum atomic E-state index is 6.49. The number of pyridine rings is 1. The second kappa shape index (κ2) is 12.0. The molecule has 244 valence electrons. The van der Waals surface area contributed by atoms with Crippen LogP contribution in [0.15, 0.2) is 132 Å². The fourth-order valence-electron chi connectivity index (χ4n) is 6.52. The number of anilines is 4. The molecule has 9 rings (SSSR count). The first-order valence-corrected chi connectivity index (χ1v) is 16.0. The Balaban J connectivity index is 0.00000348. The van der Waals surface area contributed by atoms with Crippen LogP contribution in [0.2, 0.25) is 0 Å². The van der Waals surface area contributed by atoms with Crippen molar-refractivity contribution in [3.8, 4) is 17.3 Å². The average molecular weight is 819 g/mol. The number of benzene rings is 5. The standard InChI is InChI=1S/C42H31N4O2.Pt/c1-42(2,3)28-22-23-43-39(24-28)46-37-26-32(20-21-33(37)41-40(46)34-16-7-10-19-38(34)48-41)47-31-15-11-14-30(25-31)45-27-44(29-12-5-4-6-13-29)35-17-8-9-18-36(35)45;/h4-24,27H,1-3H3;/q-3;. The summed E-state index contributed by atoms with van der Waals surface area (Å²) in [5, 5.41) is 1.97. The Bertz CT molecular complexity index is 2480. The van der Waals surface area contributed by atoms with Gasteiger partial charge in [0.15, 0.2) is 0 Å². The average Bonchev–Trinajstić information content (AvgIpc) is 3.78. The molecule has 0 unspecified atom stereocenters. The molecule has 49 heavy (non-hydrogen) atoms. The summed E-state index contributed by atoms with van der Waals surface area (Å²) in [6, 6.07) is 48.1. The van der Waals surface area contributed by atoms with Gasteiger partial charge in [-0.2, -0.15) is 12.1 Å². The van der Waals surface area contributed by atoms with Crippen LogP contribution in [-0.4, -0.2) is 9.55 Å². The maximum Gasteiger partial charge on any atom is 0.136 e. The fourth-order valence-corrected chi connectivity index (χ4v) is 6.52. The summed E-state index contributed by atoms with van der Waals surface area (Å²) < 4.78 is 15.1. The van der Waals surface area contributed by atoms with Crippen LogP contribution in [0.5, 0.6) is 11.5 Å². The van der Waals surface area contributed by atoms with E-state index in [1.54, 1.807) is 0 Å². The molecule has 0 spiro atoms. The Kier molecular flexibility index (Phi) is 7.57. The van der Waals surface area contributed by atoms with E-state index in [1.807, 2.05) is 60.8 Å². The van der Waals surface area contributed by atoms with Gasteiger partial charge in [0.05, 0.1) is 5.52 Å². The molecular weight excluding hydrogens is 788 g/mol. The zero-order valence-electron chi connectivity index (χ0n) is 27.1. The van der Waals surface area contributed by atoms with E-state index < -0.39 is 0 Å². The van der Waals surface area contributed by atoms with E-state index in [2.05, 4.69) is 121 Å². The molecule has 0 amide bonds. The predicted molar refractivity (Wildman–Crippen MR) is 193 cm³/mol. The molecule has 0 saturated carbocycles. The quantitative estimate of drug-likeness (QED) is 0.162. The van der Waals surface area contributed by atoms with Crippen molar-refractivity contribution in [1.29, 1.82) is 0 Å². The van der Waals surface area contributed by atoms with Gasteiger partial charge < -0.3 is 23.5 Å². The number of para-hydroxylation sites is 4. The Morgan fingerprint density at radius 2 is 1.45 bits per heavy atom. The van der Waals surface area contributed by atoms with Gasteiger partial charge in [-0.05, 0) is 59.5 Å². The summed E-state index contributed by atoms with van der Waals surface area (Å²) in [4.78, 5) is 9.17. The fraction of sp³-hybridized carbons (Fsp3) is 0.0952. The topological polar surface area (TPSA) is 46.7 Å². The summed E-state index contributed by atoms with van der Waals surface area (Å²) >= 11 is 0. The smallest absolute Gasteiger partial charge is 0.136 e. The summed E-state index contributed by atoms with van der Waals surface area (Å²) in [6.45, 7) is 8.73. The minimum atomic E-state index is -0.0392. The van der Waals surface area contributed by atoms with Crippen molar-refractivity contribution >= 4 is 55.7 Å². The van der Waals surface area contributed by atoms with Crippen molar-refractivity contribution in [1.82, 2.24) is 9.55 Å². The van der Waals surface area contributed by atoms with Crippen LogP contribution >= 0.6 is 0 Å². The van der Waals surface area contributed by atoms with Gasteiger partial charge in [-0.1, -0.05) is 74.1 Å². The van der Waals surface area contributed by atoms with Gasteiger partial charge in [-0.15, -0.1) is 42.7 Å². The molecule has 0 radical (unpaired) electrons. The monoisotopic (exact) mass is 818 g/mol. The Morgan fingerprint density at radius 1 is 0.714 bits per heavy atom. The molecule has 0 atom stereocenters. The van der Waals surface area contributed by atoms with Crippen LogP contribution in [0, 0.1) is 18.8 Å². The molecule has 4 heterocycles. The zero-order chi connectivity index (χ0) is 32.4. The van der Waals surface area contributed by atoms with Gasteiger partial charge >= 0.3 is 0 Å². The van der Waals surface area contributed by atoms with E-state index in [1.165, 1.54) is 5.56 Å². The van der Waals surface area contributed by atoms with Gasteiger partial charge in [-0.25, -0.2) is 4.98 Å². The summed E-state index contributed by atoms with van der Waals surface area (Å²) in [5.74, 6) is 1.97. The van der Waals surface area contributed by atoms with Gasteiger partial charge in [0.1, 0.15) is 17.0 Å². The van der Waals surface area contributed by atoms with Gasteiger partial charge in [0.25, 0.3) is 0 Å². The first-order valence-electron chi connectivity index (χ1n) is 16.0. The van der Waals surface area contributed by atoms with E-state index in [0.29, 0.717) is 11.5 Å². The van der Waals surface area contributed by atoms with Crippen molar-refractivity contribution in [3.05, 3.63) is 152 Å². The maximum absolute atomic E-state index is 6.49. The molecule has 8 aromatic rings.